The Balaban J connectivity index is 1.96. The minimum atomic E-state index is -0.512. The summed E-state index contributed by atoms with van der Waals surface area (Å²) in [6.07, 6.45) is -0.445. The summed E-state index contributed by atoms with van der Waals surface area (Å²) >= 11 is 0. The van der Waals surface area contributed by atoms with Gasteiger partial charge in [-0.25, -0.2) is 4.79 Å². The van der Waals surface area contributed by atoms with Gasteiger partial charge in [0.05, 0.1) is 0 Å². The Morgan fingerprint density at radius 2 is 1.74 bits per heavy atom. The smallest absolute Gasteiger partial charge is 0.407 e. The SMILES string of the molecule is CC(C)(C)OC(=O)NCc1cccc(Oc2cccc(N)c2)c1. The zero-order valence-corrected chi connectivity index (χ0v) is 13.6. The maximum Gasteiger partial charge on any atom is 0.407 e. The highest BCUT2D eigenvalue weighted by Gasteiger charge is 2.15. The van der Waals surface area contributed by atoms with E-state index >= 15 is 0 Å². The molecule has 0 fully saturated rings. The maximum atomic E-state index is 11.7. The van der Waals surface area contributed by atoms with Crippen LogP contribution in [0.1, 0.15) is 26.3 Å². The minimum absolute atomic E-state index is 0.364. The normalized spacial score (nSPS) is 10.9. The first kappa shape index (κ1) is 16.7. The molecule has 1 amide bonds. The number of carbonyl (C=O) groups is 1. The van der Waals surface area contributed by atoms with Gasteiger partial charge < -0.3 is 20.5 Å². The van der Waals surface area contributed by atoms with Crippen LogP contribution in [0.25, 0.3) is 0 Å². The van der Waals surface area contributed by atoms with Crippen LogP contribution in [0.3, 0.4) is 0 Å². The molecule has 0 heterocycles. The Morgan fingerprint density at radius 1 is 1.09 bits per heavy atom. The van der Waals surface area contributed by atoms with Crippen LogP contribution >= 0.6 is 0 Å². The summed E-state index contributed by atoms with van der Waals surface area (Å²) in [5.41, 5.74) is 6.78. The summed E-state index contributed by atoms with van der Waals surface area (Å²) in [6.45, 7) is 5.84. The van der Waals surface area contributed by atoms with E-state index in [1.165, 1.54) is 0 Å². The zero-order valence-electron chi connectivity index (χ0n) is 13.6. The quantitative estimate of drug-likeness (QED) is 0.834. The van der Waals surface area contributed by atoms with Crippen molar-refractivity contribution < 1.29 is 14.3 Å². The largest absolute Gasteiger partial charge is 0.457 e. The molecule has 0 radical (unpaired) electrons. The van der Waals surface area contributed by atoms with Gasteiger partial charge in [-0.3, -0.25) is 0 Å². The number of amides is 1. The third-order valence-corrected chi connectivity index (χ3v) is 2.83. The van der Waals surface area contributed by atoms with Gasteiger partial charge in [0.25, 0.3) is 0 Å². The monoisotopic (exact) mass is 314 g/mol. The third kappa shape index (κ3) is 5.90. The van der Waals surface area contributed by atoms with Crippen molar-refractivity contribution in [3.63, 3.8) is 0 Å². The standard InChI is InChI=1S/C18H22N2O3/c1-18(2,3)23-17(21)20-12-13-6-4-8-15(10-13)22-16-9-5-7-14(19)11-16/h4-11H,12,19H2,1-3H3,(H,20,21). The summed E-state index contributed by atoms with van der Waals surface area (Å²) in [5, 5.41) is 2.72. The van der Waals surface area contributed by atoms with E-state index in [9.17, 15) is 4.79 Å². The third-order valence-electron chi connectivity index (χ3n) is 2.83. The highest BCUT2D eigenvalue weighted by molar-refractivity contribution is 5.67. The molecular weight excluding hydrogens is 292 g/mol. The highest BCUT2D eigenvalue weighted by atomic mass is 16.6. The van der Waals surface area contributed by atoms with Crippen molar-refractivity contribution in [2.75, 3.05) is 5.73 Å². The minimum Gasteiger partial charge on any atom is -0.457 e. The molecule has 122 valence electrons. The number of anilines is 1. The molecule has 0 bridgehead atoms. The van der Waals surface area contributed by atoms with Crippen molar-refractivity contribution in [2.45, 2.75) is 32.9 Å². The molecule has 2 rings (SSSR count). The number of benzene rings is 2. The highest BCUT2D eigenvalue weighted by Crippen LogP contribution is 2.23. The lowest BCUT2D eigenvalue weighted by atomic mass is 10.2. The van der Waals surface area contributed by atoms with Gasteiger partial charge in [-0.2, -0.15) is 0 Å². The molecule has 0 saturated heterocycles. The molecule has 0 spiro atoms. The molecule has 2 aromatic rings. The van der Waals surface area contributed by atoms with Gasteiger partial charge >= 0.3 is 6.09 Å². The summed E-state index contributed by atoms with van der Waals surface area (Å²) in [5.74, 6) is 1.35. The van der Waals surface area contributed by atoms with E-state index in [4.69, 9.17) is 15.2 Å². The van der Waals surface area contributed by atoms with Crippen molar-refractivity contribution in [2.24, 2.45) is 0 Å². The second-order valence-corrected chi connectivity index (χ2v) is 6.18. The number of hydrogen-bond donors (Lipinski definition) is 2. The average Bonchev–Trinajstić information content (AvgIpc) is 2.44. The lowest BCUT2D eigenvalue weighted by Crippen LogP contribution is -2.32. The first-order valence-corrected chi connectivity index (χ1v) is 7.41. The molecule has 5 heteroatoms. The number of hydrogen-bond acceptors (Lipinski definition) is 4. The maximum absolute atomic E-state index is 11.7. The molecule has 0 aliphatic heterocycles. The summed E-state index contributed by atoms with van der Waals surface area (Å²) in [7, 11) is 0. The van der Waals surface area contributed by atoms with Crippen molar-refractivity contribution >= 4 is 11.8 Å². The lowest BCUT2D eigenvalue weighted by Gasteiger charge is -2.19. The molecule has 0 unspecified atom stereocenters. The van der Waals surface area contributed by atoms with Crippen LogP contribution in [0.5, 0.6) is 11.5 Å². The fraction of sp³-hybridized carbons (Fsp3) is 0.278. The van der Waals surface area contributed by atoms with Gasteiger partial charge in [0.1, 0.15) is 17.1 Å². The Kier molecular flexibility index (Phi) is 5.11. The molecule has 5 nitrogen and oxygen atoms in total. The fourth-order valence-electron chi connectivity index (χ4n) is 1.92. The number of ether oxygens (including phenoxy) is 2. The number of alkyl carbamates (subject to hydrolysis) is 1. The molecule has 0 aliphatic rings. The van der Waals surface area contributed by atoms with Crippen molar-refractivity contribution in [3.8, 4) is 11.5 Å². The van der Waals surface area contributed by atoms with E-state index in [0.29, 0.717) is 23.7 Å². The van der Waals surface area contributed by atoms with Gasteiger partial charge in [-0.1, -0.05) is 18.2 Å². The van der Waals surface area contributed by atoms with Gasteiger partial charge in [0.15, 0.2) is 0 Å². The zero-order chi connectivity index (χ0) is 16.9. The van der Waals surface area contributed by atoms with E-state index in [-0.39, 0.29) is 0 Å². The predicted molar refractivity (Wildman–Crippen MR) is 90.4 cm³/mol. The van der Waals surface area contributed by atoms with Crippen molar-refractivity contribution in [1.82, 2.24) is 5.32 Å². The van der Waals surface area contributed by atoms with Crippen LogP contribution in [0.15, 0.2) is 48.5 Å². The van der Waals surface area contributed by atoms with Crippen LogP contribution in [0.4, 0.5) is 10.5 Å². The second-order valence-electron chi connectivity index (χ2n) is 6.18. The fourth-order valence-corrected chi connectivity index (χ4v) is 1.92. The molecule has 0 atom stereocenters. The van der Waals surface area contributed by atoms with Crippen LogP contribution in [0, 0.1) is 0 Å². The Bertz CT molecular complexity index is 678. The molecule has 3 N–H and O–H groups in total. The summed E-state index contributed by atoms with van der Waals surface area (Å²) in [6, 6.07) is 14.7. The van der Waals surface area contributed by atoms with Crippen LogP contribution < -0.4 is 15.8 Å². The Labute approximate surface area is 136 Å². The second kappa shape index (κ2) is 7.05. The van der Waals surface area contributed by atoms with Gasteiger partial charge in [0, 0.05) is 18.3 Å². The Hall–Kier alpha value is -2.69. The molecule has 23 heavy (non-hydrogen) atoms. The molecule has 0 saturated carbocycles. The average molecular weight is 314 g/mol. The molecule has 0 aliphatic carbocycles. The number of carbonyl (C=O) groups excluding carboxylic acids is 1. The van der Waals surface area contributed by atoms with Crippen molar-refractivity contribution in [3.05, 3.63) is 54.1 Å². The van der Waals surface area contributed by atoms with E-state index in [0.717, 1.165) is 5.56 Å². The number of rotatable bonds is 4. The molecule has 2 aromatic carbocycles. The van der Waals surface area contributed by atoms with E-state index in [1.807, 2.05) is 57.2 Å². The number of nitrogen functional groups attached to an aromatic ring is 1. The number of nitrogens with two attached hydrogens (primary N) is 1. The first-order chi connectivity index (χ1) is 10.8. The first-order valence-electron chi connectivity index (χ1n) is 7.41. The predicted octanol–water partition coefficient (Wildman–Crippen LogP) is 4.09. The van der Waals surface area contributed by atoms with E-state index < -0.39 is 11.7 Å². The topological polar surface area (TPSA) is 73.6 Å². The molecular formula is C18H22N2O3. The van der Waals surface area contributed by atoms with E-state index in [2.05, 4.69) is 5.32 Å². The number of nitrogens with one attached hydrogen (secondary N) is 1. The van der Waals surface area contributed by atoms with Crippen LogP contribution in [-0.4, -0.2) is 11.7 Å². The summed E-state index contributed by atoms with van der Waals surface area (Å²) in [4.78, 5) is 11.7. The Morgan fingerprint density at radius 3 is 2.39 bits per heavy atom. The molecule has 0 aromatic heterocycles. The van der Waals surface area contributed by atoms with Crippen LogP contribution in [-0.2, 0) is 11.3 Å². The van der Waals surface area contributed by atoms with Gasteiger partial charge in [0.2, 0.25) is 0 Å². The summed E-state index contributed by atoms with van der Waals surface area (Å²) < 4.78 is 11.0. The van der Waals surface area contributed by atoms with Crippen LogP contribution in [0.2, 0.25) is 0 Å². The van der Waals surface area contributed by atoms with Gasteiger partial charge in [-0.15, -0.1) is 0 Å². The van der Waals surface area contributed by atoms with Gasteiger partial charge in [-0.05, 0) is 50.6 Å². The van der Waals surface area contributed by atoms with Crippen molar-refractivity contribution in [1.29, 1.82) is 0 Å². The lowest BCUT2D eigenvalue weighted by molar-refractivity contribution is 0.0523. The van der Waals surface area contributed by atoms with E-state index in [1.54, 1.807) is 12.1 Å².